The van der Waals surface area contributed by atoms with Gasteiger partial charge in [-0.05, 0) is 24.1 Å². The van der Waals surface area contributed by atoms with Gasteiger partial charge in [0.1, 0.15) is 0 Å². The summed E-state index contributed by atoms with van der Waals surface area (Å²) in [5.41, 5.74) is 1.18. The fraction of sp³-hybridized carbons (Fsp3) is 0.333. The van der Waals surface area contributed by atoms with Crippen molar-refractivity contribution in [3.63, 3.8) is 0 Å². The molecule has 3 N–H and O–H groups in total. The molecule has 1 rings (SSSR count). The summed E-state index contributed by atoms with van der Waals surface area (Å²) in [7, 11) is 0. The molecule has 6 nitrogen and oxygen atoms in total. The van der Waals surface area contributed by atoms with Crippen molar-refractivity contribution in [3.8, 4) is 0 Å². The van der Waals surface area contributed by atoms with Gasteiger partial charge in [-0.1, -0.05) is 18.2 Å². The minimum absolute atomic E-state index is 0.0993. The van der Waals surface area contributed by atoms with E-state index in [1.807, 2.05) is 0 Å². The predicted molar refractivity (Wildman–Crippen MR) is 79.4 cm³/mol. The molecule has 0 atom stereocenters. The number of rotatable bonds is 8. The molecule has 0 unspecified atom stereocenters. The molecule has 0 radical (unpaired) electrons. The van der Waals surface area contributed by atoms with E-state index in [1.165, 1.54) is 17.0 Å². The van der Waals surface area contributed by atoms with Gasteiger partial charge in [0.25, 0.3) is 0 Å². The van der Waals surface area contributed by atoms with Crippen molar-refractivity contribution in [1.29, 1.82) is 0 Å². The molecule has 0 aliphatic heterocycles. The number of nitrogens with zero attached hydrogens (tertiary/aromatic N) is 1. The minimum atomic E-state index is -0.959. The number of urea groups is 1. The van der Waals surface area contributed by atoms with E-state index in [0.717, 1.165) is 5.56 Å². The molecule has 0 saturated heterocycles. The molecule has 0 aliphatic carbocycles. The highest BCUT2D eigenvalue weighted by molar-refractivity contribution is 5.87. The van der Waals surface area contributed by atoms with Gasteiger partial charge in [-0.15, -0.1) is 6.58 Å². The Labute approximate surface area is 123 Å². The van der Waals surface area contributed by atoms with Crippen LogP contribution in [0.25, 0.3) is 0 Å². The summed E-state index contributed by atoms with van der Waals surface area (Å²) in [6.07, 6.45) is 2.20. The Morgan fingerprint density at radius 2 is 1.95 bits per heavy atom. The Hall–Kier alpha value is -2.34. The van der Waals surface area contributed by atoms with Crippen LogP contribution in [0, 0.1) is 0 Å². The normalized spacial score (nSPS) is 9.95. The van der Waals surface area contributed by atoms with Crippen molar-refractivity contribution in [2.45, 2.75) is 6.42 Å². The molecule has 21 heavy (non-hydrogen) atoms. The van der Waals surface area contributed by atoms with Crippen molar-refractivity contribution >= 4 is 12.0 Å². The molecule has 1 aromatic carbocycles. The van der Waals surface area contributed by atoms with Gasteiger partial charge in [0.15, 0.2) is 0 Å². The maximum atomic E-state index is 11.8. The minimum Gasteiger partial charge on any atom is -0.478 e. The molecule has 0 bridgehead atoms. The number of hydrogen-bond donors (Lipinski definition) is 3. The highest BCUT2D eigenvalue weighted by atomic mass is 16.4. The lowest BCUT2D eigenvalue weighted by atomic mass is 10.1. The van der Waals surface area contributed by atoms with E-state index in [1.54, 1.807) is 18.2 Å². The monoisotopic (exact) mass is 292 g/mol. The second-order valence-electron chi connectivity index (χ2n) is 4.44. The van der Waals surface area contributed by atoms with Gasteiger partial charge in [0.05, 0.1) is 12.2 Å². The zero-order chi connectivity index (χ0) is 15.7. The van der Waals surface area contributed by atoms with Gasteiger partial charge >= 0.3 is 12.0 Å². The summed E-state index contributed by atoms with van der Waals surface area (Å²) in [6, 6.07) is 6.27. The average Bonchev–Trinajstić information content (AvgIpc) is 2.47. The first kappa shape index (κ1) is 16.7. The second-order valence-corrected chi connectivity index (χ2v) is 4.44. The SMILES string of the molecule is C=CCN(CCO)C(=O)NCCc1ccc(C(=O)O)cc1. The van der Waals surface area contributed by atoms with Crippen molar-refractivity contribution in [2.24, 2.45) is 0 Å². The highest BCUT2D eigenvalue weighted by Gasteiger charge is 2.10. The topological polar surface area (TPSA) is 89.9 Å². The van der Waals surface area contributed by atoms with Crippen molar-refractivity contribution < 1.29 is 19.8 Å². The van der Waals surface area contributed by atoms with E-state index in [0.29, 0.717) is 19.5 Å². The Morgan fingerprint density at radius 1 is 1.29 bits per heavy atom. The van der Waals surface area contributed by atoms with Crippen LogP contribution in [-0.2, 0) is 6.42 Å². The van der Waals surface area contributed by atoms with Crippen LogP contribution in [0.4, 0.5) is 4.79 Å². The van der Waals surface area contributed by atoms with Gasteiger partial charge in [0, 0.05) is 19.6 Å². The summed E-state index contributed by atoms with van der Waals surface area (Å²) >= 11 is 0. The van der Waals surface area contributed by atoms with Crippen LogP contribution in [0.3, 0.4) is 0 Å². The van der Waals surface area contributed by atoms with Crippen LogP contribution >= 0.6 is 0 Å². The average molecular weight is 292 g/mol. The van der Waals surface area contributed by atoms with Crippen LogP contribution < -0.4 is 5.32 Å². The summed E-state index contributed by atoms with van der Waals surface area (Å²) in [5, 5.41) is 20.4. The number of carbonyl (C=O) groups is 2. The lowest BCUT2D eigenvalue weighted by Gasteiger charge is -2.20. The Kier molecular flexibility index (Phi) is 6.97. The number of aromatic carboxylic acids is 1. The van der Waals surface area contributed by atoms with E-state index < -0.39 is 5.97 Å². The molecule has 0 fully saturated rings. The molecular formula is C15H20N2O4. The number of carboxylic acid groups (broad SMARTS) is 1. The molecular weight excluding hydrogens is 272 g/mol. The van der Waals surface area contributed by atoms with Gasteiger partial charge in [-0.2, -0.15) is 0 Å². The van der Waals surface area contributed by atoms with Crippen LogP contribution in [0.1, 0.15) is 15.9 Å². The summed E-state index contributed by atoms with van der Waals surface area (Å²) in [4.78, 5) is 24.0. The number of aliphatic hydroxyl groups is 1. The number of nitrogens with one attached hydrogen (secondary N) is 1. The molecule has 6 heteroatoms. The maximum Gasteiger partial charge on any atom is 0.335 e. The Bertz CT molecular complexity index is 485. The number of carbonyl (C=O) groups excluding carboxylic acids is 1. The van der Waals surface area contributed by atoms with E-state index in [4.69, 9.17) is 10.2 Å². The third-order valence-corrected chi connectivity index (χ3v) is 2.90. The van der Waals surface area contributed by atoms with E-state index >= 15 is 0 Å². The van der Waals surface area contributed by atoms with Crippen LogP contribution in [0.5, 0.6) is 0 Å². The Balaban J connectivity index is 2.42. The van der Waals surface area contributed by atoms with Crippen LogP contribution in [0.2, 0.25) is 0 Å². The fourth-order valence-corrected chi connectivity index (χ4v) is 1.79. The molecule has 0 saturated carbocycles. The van der Waals surface area contributed by atoms with Gasteiger partial charge in [-0.3, -0.25) is 0 Å². The van der Waals surface area contributed by atoms with E-state index in [9.17, 15) is 9.59 Å². The second kappa shape index (κ2) is 8.76. The third kappa shape index (κ3) is 5.66. The maximum absolute atomic E-state index is 11.8. The lowest BCUT2D eigenvalue weighted by molar-refractivity contribution is 0.0697. The Morgan fingerprint density at radius 3 is 2.48 bits per heavy atom. The standard InChI is InChI=1S/C15H20N2O4/c1-2-9-17(10-11-18)15(21)16-8-7-12-3-5-13(6-4-12)14(19)20/h2-6,18H,1,7-11H2,(H,16,21)(H,19,20). The van der Waals surface area contributed by atoms with E-state index in [2.05, 4.69) is 11.9 Å². The highest BCUT2D eigenvalue weighted by Crippen LogP contribution is 2.04. The first-order valence-electron chi connectivity index (χ1n) is 6.65. The third-order valence-electron chi connectivity index (χ3n) is 2.90. The van der Waals surface area contributed by atoms with Gasteiger partial charge in [-0.25, -0.2) is 9.59 Å². The molecule has 0 aromatic heterocycles. The van der Waals surface area contributed by atoms with Gasteiger partial charge in [0.2, 0.25) is 0 Å². The molecule has 0 aliphatic rings. The fourth-order valence-electron chi connectivity index (χ4n) is 1.79. The summed E-state index contributed by atoms with van der Waals surface area (Å²) in [6.45, 7) is 4.53. The number of benzene rings is 1. The van der Waals surface area contributed by atoms with E-state index in [-0.39, 0.29) is 24.7 Å². The molecule has 0 heterocycles. The number of hydrogen-bond acceptors (Lipinski definition) is 3. The van der Waals surface area contributed by atoms with Crippen LogP contribution in [-0.4, -0.2) is 53.4 Å². The predicted octanol–water partition coefficient (Wildman–Crippen LogP) is 1.12. The lowest BCUT2D eigenvalue weighted by Crippen LogP contribution is -2.42. The zero-order valence-corrected chi connectivity index (χ0v) is 11.8. The quantitative estimate of drug-likeness (QED) is 0.626. The summed E-state index contributed by atoms with van der Waals surface area (Å²) in [5.74, 6) is -0.959. The number of amides is 2. The first-order valence-corrected chi connectivity index (χ1v) is 6.65. The zero-order valence-electron chi connectivity index (χ0n) is 11.8. The largest absolute Gasteiger partial charge is 0.478 e. The van der Waals surface area contributed by atoms with Crippen molar-refractivity contribution in [1.82, 2.24) is 10.2 Å². The first-order chi connectivity index (χ1) is 10.1. The van der Waals surface area contributed by atoms with Crippen molar-refractivity contribution in [2.75, 3.05) is 26.2 Å². The molecule has 2 amide bonds. The van der Waals surface area contributed by atoms with Gasteiger partial charge < -0.3 is 20.4 Å². The number of aliphatic hydroxyl groups excluding tert-OH is 1. The molecule has 114 valence electrons. The summed E-state index contributed by atoms with van der Waals surface area (Å²) < 4.78 is 0. The number of carboxylic acids is 1. The molecule has 1 aromatic rings. The van der Waals surface area contributed by atoms with Crippen LogP contribution in [0.15, 0.2) is 36.9 Å². The van der Waals surface area contributed by atoms with Crippen molar-refractivity contribution in [3.05, 3.63) is 48.0 Å². The smallest absolute Gasteiger partial charge is 0.335 e. The molecule has 0 spiro atoms.